The van der Waals surface area contributed by atoms with Crippen LogP contribution in [0.15, 0.2) is 5.38 Å². The number of alkyl halides is 1. The van der Waals surface area contributed by atoms with Gasteiger partial charge in [-0.25, -0.2) is 4.98 Å². The third-order valence-electron chi connectivity index (χ3n) is 4.53. The van der Waals surface area contributed by atoms with E-state index in [0.717, 1.165) is 24.0 Å². The number of piperidine rings is 1. The highest BCUT2D eigenvalue weighted by Gasteiger charge is 2.29. The summed E-state index contributed by atoms with van der Waals surface area (Å²) in [7, 11) is 0. The molecular formula is C15H23ClN2S. The molecule has 2 fully saturated rings. The van der Waals surface area contributed by atoms with Crippen LogP contribution >= 0.6 is 22.9 Å². The molecule has 0 aromatic carbocycles. The minimum atomic E-state index is 0.548. The molecule has 0 N–H and O–H groups in total. The Hall–Kier alpha value is -0.120. The lowest BCUT2D eigenvalue weighted by Gasteiger charge is -2.41. The first kappa shape index (κ1) is 13.8. The molecule has 0 radical (unpaired) electrons. The van der Waals surface area contributed by atoms with Crippen molar-refractivity contribution in [2.24, 2.45) is 11.8 Å². The molecule has 0 spiro atoms. The van der Waals surface area contributed by atoms with Crippen molar-refractivity contribution in [1.82, 2.24) is 9.88 Å². The highest BCUT2D eigenvalue weighted by Crippen LogP contribution is 2.34. The minimum Gasteiger partial charge on any atom is -0.303 e. The average molecular weight is 299 g/mol. The molecular weight excluding hydrogens is 276 g/mol. The molecule has 0 amide bonds. The Bertz CT molecular complexity index is 395. The van der Waals surface area contributed by atoms with Gasteiger partial charge in [0.15, 0.2) is 0 Å². The Balaban J connectivity index is 1.42. The van der Waals surface area contributed by atoms with Crippen LogP contribution in [-0.2, 0) is 12.3 Å². The van der Waals surface area contributed by atoms with E-state index >= 15 is 0 Å². The van der Waals surface area contributed by atoms with Crippen molar-refractivity contribution in [2.75, 3.05) is 19.6 Å². The summed E-state index contributed by atoms with van der Waals surface area (Å²) in [5, 5.41) is 3.35. The van der Waals surface area contributed by atoms with Gasteiger partial charge in [0.25, 0.3) is 0 Å². The van der Waals surface area contributed by atoms with Crippen LogP contribution in [0.2, 0.25) is 0 Å². The zero-order valence-corrected chi connectivity index (χ0v) is 13.1. The van der Waals surface area contributed by atoms with Crippen LogP contribution in [0.3, 0.4) is 0 Å². The van der Waals surface area contributed by atoms with E-state index in [4.69, 9.17) is 11.6 Å². The third kappa shape index (κ3) is 3.71. The number of aryl methyl sites for hydroxylation is 1. The summed E-state index contributed by atoms with van der Waals surface area (Å²) in [4.78, 5) is 7.24. The van der Waals surface area contributed by atoms with Crippen LogP contribution in [0.5, 0.6) is 0 Å². The number of halogens is 1. The first-order valence-electron chi connectivity index (χ1n) is 7.55. The monoisotopic (exact) mass is 298 g/mol. The fourth-order valence-corrected chi connectivity index (χ4v) is 4.77. The van der Waals surface area contributed by atoms with Gasteiger partial charge in [-0.05, 0) is 44.1 Å². The zero-order chi connectivity index (χ0) is 13.1. The quantitative estimate of drug-likeness (QED) is 0.766. The summed E-state index contributed by atoms with van der Waals surface area (Å²) in [5.74, 6) is 2.54. The Morgan fingerprint density at radius 2 is 2.11 bits per heavy atom. The predicted octanol–water partition coefficient (Wildman–Crippen LogP) is 3.94. The molecule has 1 saturated carbocycles. The van der Waals surface area contributed by atoms with Gasteiger partial charge in [-0.1, -0.05) is 6.42 Å². The maximum atomic E-state index is 5.79. The highest BCUT2D eigenvalue weighted by molar-refractivity contribution is 7.09. The number of aromatic nitrogens is 1. The predicted molar refractivity (Wildman–Crippen MR) is 81.9 cm³/mol. The van der Waals surface area contributed by atoms with Crippen LogP contribution < -0.4 is 0 Å². The molecule has 2 bridgehead atoms. The largest absolute Gasteiger partial charge is 0.303 e. The summed E-state index contributed by atoms with van der Waals surface area (Å²) >= 11 is 7.55. The van der Waals surface area contributed by atoms with Gasteiger partial charge >= 0.3 is 0 Å². The molecule has 2 aliphatic rings. The van der Waals surface area contributed by atoms with E-state index < -0.39 is 0 Å². The number of rotatable bonds is 5. The maximum absolute atomic E-state index is 5.79. The number of likely N-dealkylation sites (tertiary alicyclic amines) is 1. The van der Waals surface area contributed by atoms with Crippen molar-refractivity contribution in [2.45, 2.75) is 44.4 Å². The first-order chi connectivity index (χ1) is 9.33. The molecule has 2 nitrogen and oxygen atoms in total. The summed E-state index contributed by atoms with van der Waals surface area (Å²) in [6.45, 7) is 3.95. The molecule has 1 aromatic rings. The summed E-state index contributed by atoms with van der Waals surface area (Å²) in [5.41, 5.74) is 1.04. The summed E-state index contributed by atoms with van der Waals surface area (Å²) in [6.07, 6.45) is 8.28. The van der Waals surface area contributed by atoms with Crippen molar-refractivity contribution in [1.29, 1.82) is 0 Å². The van der Waals surface area contributed by atoms with Crippen molar-refractivity contribution in [3.63, 3.8) is 0 Å². The minimum absolute atomic E-state index is 0.548. The lowest BCUT2D eigenvalue weighted by Crippen LogP contribution is -2.43. The summed E-state index contributed by atoms with van der Waals surface area (Å²) < 4.78 is 0. The van der Waals surface area contributed by atoms with Crippen LogP contribution in [-0.4, -0.2) is 29.5 Å². The zero-order valence-electron chi connectivity index (χ0n) is 11.5. The third-order valence-corrected chi connectivity index (χ3v) is 5.76. The maximum Gasteiger partial charge on any atom is 0.0929 e. The van der Waals surface area contributed by atoms with Gasteiger partial charge in [0, 0.05) is 24.9 Å². The van der Waals surface area contributed by atoms with Crippen molar-refractivity contribution < 1.29 is 0 Å². The van der Waals surface area contributed by atoms with E-state index in [1.54, 1.807) is 11.3 Å². The molecule has 106 valence electrons. The molecule has 2 atom stereocenters. The Labute approximate surface area is 125 Å². The second kappa shape index (κ2) is 6.55. The molecule has 3 rings (SSSR count). The van der Waals surface area contributed by atoms with Gasteiger partial charge in [0.1, 0.15) is 0 Å². The molecule has 1 saturated heterocycles. The summed E-state index contributed by atoms with van der Waals surface area (Å²) in [6, 6.07) is 0. The fraction of sp³-hybridized carbons (Fsp3) is 0.800. The molecule has 1 aliphatic heterocycles. The Morgan fingerprint density at radius 3 is 2.79 bits per heavy atom. The van der Waals surface area contributed by atoms with Gasteiger partial charge in [0.2, 0.25) is 0 Å². The lowest BCUT2D eigenvalue weighted by molar-refractivity contribution is 0.0855. The SMILES string of the molecule is ClCc1csc(CCCN2CC3CCCC(C3)C2)n1. The van der Waals surface area contributed by atoms with Crippen LogP contribution in [0.4, 0.5) is 0 Å². The first-order valence-corrected chi connectivity index (χ1v) is 8.96. The molecule has 1 aliphatic carbocycles. The van der Waals surface area contributed by atoms with E-state index in [1.165, 1.54) is 56.7 Å². The fourth-order valence-electron chi connectivity index (χ4n) is 3.70. The number of thiazole rings is 1. The molecule has 2 unspecified atom stereocenters. The van der Waals surface area contributed by atoms with E-state index in [-0.39, 0.29) is 0 Å². The molecule has 2 heterocycles. The average Bonchev–Trinajstić information content (AvgIpc) is 2.86. The highest BCUT2D eigenvalue weighted by atomic mass is 35.5. The van der Waals surface area contributed by atoms with Gasteiger partial charge in [-0.15, -0.1) is 22.9 Å². The standard InChI is InChI=1S/C15H23ClN2S/c16-8-14-11-19-15(17-14)5-2-6-18-9-12-3-1-4-13(7-12)10-18/h11-13H,1-10H2. The van der Waals surface area contributed by atoms with E-state index in [9.17, 15) is 0 Å². The topological polar surface area (TPSA) is 16.1 Å². The normalized spacial score (nSPS) is 27.6. The number of fused-ring (bicyclic) bond motifs is 2. The second-order valence-electron chi connectivity index (χ2n) is 6.13. The van der Waals surface area contributed by atoms with E-state index in [1.807, 2.05) is 0 Å². The lowest BCUT2D eigenvalue weighted by atomic mass is 9.78. The second-order valence-corrected chi connectivity index (χ2v) is 7.34. The van der Waals surface area contributed by atoms with Crippen LogP contribution in [0, 0.1) is 11.8 Å². The Kier molecular flexibility index (Phi) is 4.78. The molecule has 4 heteroatoms. The van der Waals surface area contributed by atoms with Gasteiger partial charge in [-0.2, -0.15) is 0 Å². The van der Waals surface area contributed by atoms with Crippen LogP contribution in [0.1, 0.15) is 42.8 Å². The van der Waals surface area contributed by atoms with Crippen molar-refractivity contribution in [3.8, 4) is 0 Å². The number of nitrogens with zero attached hydrogens (tertiary/aromatic N) is 2. The van der Waals surface area contributed by atoms with Crippen molar-refractivity contribution >= 4 is 22.9 Å². The van der Waals surface area contributed by atoms with E-state index in [2.05, 4.69) is 15.3 Å². The number of hydrogen-bond acceptors (Lipinski definition) is 3. The number of hydrogen-bond donors (Lipinski definition) is 0. The van der Waals surface area contributed by atoms with Crippen molar-refractivity contribution in [3.05, 3.63) is 16.1 Å². The van der Waals surface area contributed by atoms with Gasteiger partial charge < -0.3 is 4.90 Å². The van der Waals surface area contributed by atoms with Gasteiger partial charge in [0.05, 0.1) is 16.6 Å². The molecule has 19 heavy (non-hydrogen) atoms. The van der Waals surface area contributed by atoms with E-state index in [0.29, 0.717) is 5.88 Å². The Morgan fingerprint density at radius 1 is 1.32 bits per heavy atom. The molecule has 1 aromatic heterocycles. The smallest absolute Gasteiger partial charge is 0.0929 e. The van der Waals surface area contributed by atoms with Crippen LogP contribution in [0.25, 0.3) is 0 Å². The van der Waals surface area contributed by atoms with Gasteiger partial charge in [-0.3, -0.25) is 0 Å².